The molecule has 27 heavy (non-hydrogen) atoms. The van der Waals surface area contributed by atoms with Crippen LogP contribution in [0.5, 0.6) is 5.75 Å². The Balaban J connectivity index is 1.80. The van der Waals surface area contributed by atoms with Crippen LogP contribution < -0.4 is 4.65 Å². The molecule has 0 aliphatic carbocycles. The van der Waals surface area contributed by atoms with E-state index in [9.17, 15) is 0 Å². The second-order valence-electron chi connectivity index (χ2n) is 6.23. The van der Waals surface area contributed by atoms with Gasteiger partial charge in [0.05, 0.1) is 11.0 Å². The first-order chi connectivity index (χ1) is 13.2. The SMILES string of the molecule is CCc1nc2ccccc2n1-c1cccc(-c2cccc(OB(O)O)c2)c1. The topological polar surface area (TPSA) is 67.5 Å². The van der Waals surface area contributed by atoms with Gasteiger partial charge in [-0.2, -0.15) is 0 Å². The standard InChI is InChI=1S/C21H19BN2O3/c1-2-21-23-19-11-3-4-12-20(19)24(21)17-9-5-7-15(13-17)16-8-6-10-18(14-16)27-22(25)26/h3-14,25-26H,2H2,1H3. The van der Waals surface area contributed by atoms with Crippen LogP contribution in [0.2, 0.25) is 0 Å². The molecule has 0 spiro atoms. The largest absolute Gasteiger partial charge is 0.707 e. The molecule has 0 fully saturated rings. The molecule has 1 aromatic heterocycles. The Morgan fingerprint density at radius 3 is 2.44 bits per heavy atom. The zero-order chi connectivity index (χ0) is 18.8. The highest BCUT2D eigenvalue weighted by molar-refractivity contribution is 6.33. The summed E-state index contributed by atoms with van der Waals surface area (Å²) in [6.07, 6.45) is 0.830. The van der Waals surface area contributed by atoms with Gasteiger partial charge in [0.1, 0.15) is 11.6 Å². The van der Waals surface area contributed by atoms with E-state index in [0.717, 1.165) is 40.1 Å². The molecule has 0 bridgehead atoms. The molecule has 0 atom stereocenters. The Morgan fingerprint density at radius 2 is 1.67 bits per heavy atom. The number of hydrogen-bond donors (Lipinski definition) is 2. The van der Waals surface area contributed by atoms with Gasteiger partial charge in [0.2, 0.25) is 0 Å². The third-order valence-corrected chi connectivity index (χ3v) is 4.46. The fourth-order valence-corrected chi connectivity index (χ4v) is 3.30. The van der Waals surface area contributed by atoms with Gasteiger partial charge in [-0.15, -0.1) is 0 Å². The first-order valence-electron chi connectivity index (χ1n) is 8.86. The zero-order valence-corrected chi connectivity index (χ0v) is 14.9. The quantitative estimate of drug-likeness (QED) is 0.535. The van der Waals surface area contributed by atoms with Crippen molar-refractivity contribution in [1.29, 1.82) is 0 Å². The number of aromatic nitrogens is 2. The van der Waals surface area contributed by atoms with E-state index >= 15 is 0 Å². The average molecular weight is 358 g/mol. The normalized spacial score (nSPS) is 10.9. The Morgan fingerprint density at radius 1 is 0.926 bits per heavy atom. The second kappa shape index (κ2) is 7.27. The molecule has 134 valence electrons. The lowest BCUT2D eigenvalue weighted by atomic mass is 10.0. The number of hydrogen-bond acceptors (Lipinski definition) is 4. The lowest BCUT2D eigenvalue weighted by Crippen LogP contribution is -2.20. The number of aryl methyl sites for hydroxylation is 1. The molecule has 0 unspecified atom stereocenters. The van der Waals surface area contributed by atoms with Crippen molar-refractivity contribution in [1.82, 2.24) is 9.55 Å². The molecule has 0 amide bonds. The van der Waals surface area contributed by atoms with E-state index in [0.29, 0.717) is 5.75 Å². The summed E-state index contributed by atoms with van der Waals surface area (Å²) in [5.74, 6) is 1.41. The van der Waals surface area contributed by atoms with Crippen LogP contribution in [0.3, 0.4) is 0 Å². The average Bonchev–Trinajstić information content (AvgIpc) is 3.06. The van der Waals surface area contributed by atoms with Crippen LogP contribution in [-0.2, 0) is 6.42 Å². The molecule has 0 radical (unpaired) electrons. The highest BCUT2D eigenvalue weighted by atomic mass is 16.6. The number of imidazole rings is 1. The molecule has 5 nitrogen and oxygen atoms in total. The van der Waals surface area contributed by atoms with Crippen molar-refractivity contribution in [2.75, 3.05) is 0 Å². The molecule has 0 saturated heterocycles. The molecule has 4 aromatic rings. The molecule has 0 aliphatic rings. The van der Waals surface area contributed by atoms with Gasteiger partial charge in [0.15, 0.2) is 0 Å². The zero-order valence-electron chi connectivity index (χ0n) is 14.9. The Labute approximate surface area is 157 Å². The molecule has 0 aliphatic heterocycles. The van der Waals surface area contributed by atoms with Gasteiger partial charge >= 0.3 is 7.32 Å². The highest BCUT2D eigenvalue weighted by Gasteiger charge is 2.13. The van der Waals surface area contributed by atoms with Crippen LogP contribution in [0.1, 0.15) is 12.7 Å². The van der Waals surface area contributed by atoms with Gasteiger partial charge in [-0.05, 0) is 47.5 Å². The minimum absolute atomic E-state index is 0.398. The fraction of sp³-hybridized carbons (Fsp3) is 0.0952. The number of fused-ring (bicyclic) bond motifs is 1. The lowest BCUT2D eigenvalue weighted by Gasteiger charge is -2.11. The maximum atomic E-state index is 9.02. The van der Waals surface area contributed by atoms with E-state index in [1.165, 1.54) is 0 Å². The van der Waals surface area contributed by atoms with E-state index in [2.05, 4.69) is 29.7 Å². The van der Waals surface area contributed by atoms with E-state index in [-0.39, 0.29) is 0 Å². The maximum Gasteiger partial charge on any atom is 0.707 e. The van der Waals surface area contributed by atoms with E-state index in [4.69, 9.17) is 19.7 Å². The molecule has 1 heterocycles. The summed E-state index contributed by atoms with van der Waals surface area (Å²) < 4.78 is 7.15. The number of para-hydroxylation sites is 2. The van der Waals surface area contributed by atoms with Crippen LogP contribution in [0.25, 0.3) is 27.8 Å². The molecule has 3 aromatic carbocycles. The summed E-state index contributed by atoms with van der Waals surface area (Å²) in [4.78, 5) is 4.74. The van der Waals surface area contributed by atoms with E-state index in [1.807, 2.05) is 42.5 Å². The minimum Gasteiger partial charge on any atom is -0.512 e. The third kappa shape index (κ3) is 3.45. The summed E-state index contributed by atoms with van der Waals surface area (Å²) in [5.41, 5.74) is 5.02. The summed E-state index contributed by atoms with van der Waals surface area (Å²) in [6.45, 7) is 2.10. The predicted octanol–water partition coefficient (Wildman–Crippen LogP) is 3.60. The molecule has 6 heteroatoms. The molecular weight excluding hydrogens is 339 g/mol. The fourth-order valence-electron chi connectivity index (χ4n) is 3.30. The van der Waals surface area contributed by atoms with Gasteiger partial charge in [0.25, 0.3) is 0 Å². The summed E-state index contributed by atoms with van der Waals surface area (Å²) in [7, 11) is -1.84. The summed E-state index contributed by atoms with van der Waals surface area (Å²) in [5, 5.41) is 18.0. The van der Waals surface area contributed by atoms with Gasteiger partial charge < -0.3 is 14.7 Å². The van der Waals surface area contributed by atoms with E-state index in [1.54, 1.807) is 12.1 Å². The van der Waals surface area contributed by atoms with Crippen molar-refractivity contribution in [2.24, 2.45) is 0 Å². The van der Waals surface area contributed by atoms with Crippen LogP contribution in [-0.4, -0.2) is 26.9 Å². The van der Waals surface area contributed by atoms with Crippen molar-refractivity contribution in [2.45, 2.75) is 13.3 Å². The van der Waals surface area contributed by atoms with Crippen molar-refractivity contribution in [3.05, 3.63) is 78.6 Å². The van der Waals surface area contributed by atoms with Gasteiger partial charge in [-0.25, -0.2) is 4.98 Å². The minimum atomic E-state index is -1.84. The molecule has 4 rings (SSSR count). The number of rotatable bonds is 5. The summed E-state index contributed by atoms with van der Waals surface area (Å²) in [6, 6.07) is 23.6. The molecule has 2 N–H and O–H groups in total. The maximum absolute atomic E-state index is 9.02. The van der Waals surface area contributed by atoms with Crippen molar-refractivity contribution in [3.63, 3.8) is 0 Å². The third-order valence-electron chi connectivity index (χ3n) is 4.46. The number of nitrogens with zero attached hydrogens (tertiary/aromatic N) is 2. The van der Waals surface area contributed by atoms with Gasteiger partial charge in [0, 0.05) is 12.1 Å². The van der Waals surface area contributed by atoms with Crippen LogP contribution in [0.4, 0.5) is 0 Å². The van der Waals surface area contributed by atoms with Crippen molar-refractivity contribution >= 4 is 18.4 Å². The smallest absolute Gasteiger partial charge is 0.512 e. The lowest BCUT2D eigenvalue weighted by molar-refractivity contribution is 0.288. The van der Waals surface area contributed by atoms with Crippen LogP contribution in [0.15, 0.2) is 72.8 Å². The van der Waals surface area contributed by atoms with Gasteiger partial charge in [-0.1, -0.05) is 43.3 Å². The van der Waals surface area contributed by atoms with Crippen molar-refractivity contribution < 1.29 is 14.7 Å². The first-order valence-corrected chi connectivity index (χ1v) is 8.86. The van der Waals surface area contributed by atoms with Gasteiger partial charge in [-0.3, -0.25) is 4.57 Å². The monoisotopic (exact) mass is 358 g/mol. The Bertz CT molecular complexity index is 1090. The van der Waals surface area contributed by atoms with E-state index < -0.39 is 7.32 Å². The summed E-state index contributed by atoms with van der Waals surface area (Å²) >= 11 is 0. The van der Waals surface area contributed by atoms with Crippen LogP contribution >= 0.6 is 0 Å². The number of benzene rings is 3. The predicted molar refractivity (Wildman–Crippen MR) is 107 cm³/mol. The Hall–Kier alpha value is -3.09. The highest BCUT2D eigenvalue weighted by Crippen LogP contribution is 2.28. The Kier molecular flexibility index (Phi) is 4.67. The molecule has 0 saturated carbocycles. The second-order valence-corrected chi connectivity index (χ2v) is 6.23. The van der Waals surface area contributed by atoms with Crippen LogP contribution in [0, 0.1) is 0 Å². The van der Waals surface area contributed by atoms with Crippen molar-refractivity contribution in [3.8, 4) is 22.6 Å². The first kappa shape index (κ1) is 17.3. The molecular formula is C21H19BN2O3.